The number of halogens is 1. The van der Waals surface area contributed by atoms with Crippen molar-refractivity contribution >= 4 is 11.8 Å². The quantitative estimate of drug-likeness (QED) is 0.575. The summed E-state index contributed by atoms with van der Waals surface area (Å²) in [4.78, 5) is 11.2. The van der Waals surface area contributed by atoms with Gasteiger partial charge in [0.15, 0.2) is 0 Å². The van der Waals surface area contributed by atoms with Gasteiger partial charge in [0.25, 0.3) is 0 Å². The molecule has 1 aliphatic rings. The molecule has 27 heavy (non-hydrogen) atoms. The molecular formula is C23H29FO3. The molecule has 0 saturated carbocycles. The molecule has 3 nitrogen and oxygen atoms in total. The lowest BCUT2D eigenvalue weighted by molar-refractivity contribution is 0.0696. The van der Waals surface area contributed by atoms with Crippen molar-refractivity contribution < 1.29 is 19.0 Å². The Kier molecular flexibility index (Phi) is 6.30. The molecule has 0 spiro atoms. The lowest BCUT2D eigenvalue weighted by Gasteiger charge is -2.36. The third-order valence-electron chi connectivity index (χ3n) is 5.31. The summed E-state index contributed by atoms with van der Waals surface area (Å²) < 4.78 is 20.9. The topological polar surface area (TPSA) is 46.5 Å². The summed E-state index contributed by atoms with van der Waals surface area (Å²) in [5.74, 6) is -1.27. The minimum Gasteiger partial charge on any atom is -0.493 e. The van der Waals surface area contributed by atoms with Gasteiger partial charge in [-0.25, -0.2) is 9.18 Å². The van der Waals surface area contributed by atoms with E-state index < -0.39 is 11.8 Å². The predicted octanol–water partition coefficient (Wildman–Crippen LogP) is 6.57. The van der Waals surface area contributed by atoms with E-state index in [-0.39, 0.29) is 22.3 Å². The highest BCUT2D eigenvalue weighted by molar-refractivity contribution is 5.89. The van der Waals surface area contributed by atoms with Gasteiger partial charge in [-0.1, -0.05) is 26.0 Å². The Labute approximate surface area is 161 Å². The summed E-state index contributed by atoms with van der Waals surface area (Å²) in [6, 6.07) is 4.23. The SMILES string of the molecule is C=C(C1=C(C)CCCC1(C)C)/C(C)=C(\F)c1ccc(C(=O)O)cc1OCC. The molecule has 2 rings (SSSR count). The third kappa shape index (κ3) is 4.32. The van der Waals surface area contributed by atoms with Gasteiger partial charge in [-0.3, -0.25) is 0 Å². The molecule has 0 radical (unpaired) electrons. The zero-order valence-corrected chi connectivity index (χ0v) is 16.9. The van der Waals surface area contributed by atoms with Crippen molar-refractivity contribution in [1.82, 2.24) is 0 Å². The standard InChI is InChI=1S/C23H29FO3/c1-7-27-19-13-17(22(25)26)10-11-18(19)21(24)16(4)15(3)20-14(2)9-8-12-23(20,5)6/h10-11,13H,3,7-9,12H2,1-2,4-6H3,(H,25,26)/b21-16-. The largest absolute Gasteiger partial charge is 0.493 e. The number of carboxylic acid groups (broad SMARTS) is 1. The fourth-order valence-electron chi connectivity index (χ4n) is 3.92. The number of carbonyl (C=O) groups is 1. The van der Waals surface area contributed by atoms with E-state index in [1.165, 1.54) is 23.8 Å². The van der Waals surface area contributed by atoms with Gasteiger partial charge in [-0.15, -0.1) is 0 Å². The lowest BCUT2D eigenvalue weighted by atomic mass is 9.69. The highest BCUT2D eigenvalue weighted by Gasteiger charge is 2.31. The first kappa shape index (κ1) is 20.9. The summed E-state index contributed by atoms with van der Waals surface area (Å²) >= 11 is 0. The Hall–Kier alpha value is -2.36. The molecule has 1 N–H and O–H groups in total. The van der Waals surface area contributed by atoms with E-state index in [2.05, 4.69) is 27.4 Å². The zero-order chi connectivity index (χ0) is 20.4. The van der Waals surface area contributed by atoms with Crippen molar-refractivity contribution in [3.8, 4) is 5.75 Å². The lowest BCUT2D eigenvalue weighted by Crippen LogP contribution is -2.22. The van der Waals surface area contributed by atoms with Crippen molar-refractivity contribution in [2.75, 3.05) is 6.61 Å². The maximum absolute atomic E-state index is 15.4. The van der Waals surface area contributed by atoms with Crippen LogP contribution in [0.25, 0.3) is 5.83 Å². The Morgan fingerprint density at radius 2 is 2.04 bits per heavy atom. The summed E-state index contributed by atoms with van der Waals surface area (Å²) in [5, 5.41) is 9.18. The number of aromatic carboxylic acids is 1. The smallest absolute Gasteiger partial charge is 0.335 e. The number of hydrogen-bond donors (Lipinski definition) is 1. The maximum Gasteiger partial charge on any atom is 0.335 e. The predicted molar refractivity (Wildman–Crippen MR) is 108 cm³/mol. The minimum atomic E-state index is -1.07. The van der Waals surface area contributed by atoms with Crippen LogP contribution in [0.15, 0.2) is 47.1 Å². The minimum absolute atomic E-state index is 0.0448. The van der Waals surface area contributed by atoms with Crippen LogP contribution in [0.4, 0.5) is 4.39 Å². The highest BCUT2D eigenvalue weighted by atomic mass is 19.1. The summed E-state index contributed by atoms with van der Waals surface area (Å²) in [6.45, 7) is 14.5. The Morgan fingerprint density at radius 3 is 2.59 bits per heavy atom. The van der Waals surface area contributed by atoms with Gasteiger partial charge in [0, 0.05) is 0 Å². The highest BCUT2D eigenvalue weighted by Crippen LogP contribution is 2.46. The Morgan fingerprint density at radius 1 is 1.37 bits per heavy atom. The van der Waals surface area contributed by atoms with E-state index in [1.807, 2.05) is 0 Å². The van der Waals surface area contributed by atoms with Crippen LogP contribution in [0.1, 0.15) is 69.8 Å². The van der Waals surface area contributed by atoms with Crippen molar-refractivity contribution in [1.29, 1.82) is 0 Å². The van der Waals surface area contributed by atoms with Gasteiger partial charge in [0.2, 0.25) is 0 Å². The molecule has 146 valence electrons. The zero-order valence-electron chi connectivity index (χ0n) is 16.9. The van der Waals surface area contributed by atoms with Gasteiger partial charge in [0.1, 0.15) is 11.6 Å². The van der Waals surface area contributed by atoms with Gasteiger partial charge in [-0.2, -0.15) is 0 Å². The second-order valence-electron chi connectivity index (χ2n) is 7.76. The molecule has 1 aromatic carbocycles. The maximum atomic E-state index is 15.4. The fraction of sp³-hybridized carbons (Fsp3) is 0.435. The molecule has 4 heteroatoms. The summed E-state index contributed by atoms with van der Waals surface area (Å²) in [6.07, 6.45) is 3.18. The van der Waals surface area contributed by atoms with Crippen LogP contribution in [-0.2, 0) is 0 Å². The first-order valence-electron chi connectivity index (χ1n) is 9.37. The first-order chi connectivity index (χ1) is 12.6. The number of allylic oxidation sites excluding steroid dienone is 4. The van der Waals surface area contributed by atoms with E-state index in [1.54, 1.807) is 13.8 Å². The number of benzene rings is 1. The van der Waals surface area contributed by atoms with E-state index in [4.69, 9.17) is 4.74 Å². The van der Waals surface area contributed by atoms with Crippen LogP contribution in [0.2, 0.25) is 0 Å². The van der Waals surface area contributed by atoms with Gasteiger partial charge >= 0.3 is 5.97 Å². The molecule has 0 fully saturated rings. The van der Waals surface area contributed by atoms with Crippen LogP contribution >= 0.6 is 0 Å². The first-order valence-corrected chi connectivity index (χ1v) is 9.37. The molecule has 0 saturated heterocycles. The van der Waals surface area contributed by atoms with E-state index in [0.717, 1.165) is 24.8 Å². The second-order valence-corrected chi connectivity index (χ2v) is 7.76. The van der Waals surface area contributed by atoms with Crippen LogP contribution < -0.4 is 4.74 Å². The monoisotopic (exact) mass is 372 g/mol. The van der Waals surface area contributed by atoms with Crippen LogP contribution in [0.5, 0.6) is 5.75 Å². The average Bonchev–Trinajstić information content (AvgIpc) is 2.59. The van der Waals surface area contributed by atoms with E-state index in [0.29, 0.717) is 17.8 Å². The van der Waals surface area contributed by atoms with E-state index >= 15 is 4.39 Å². The number of ether oxygens (including phenoxy) is 1. The molecule has 0 atom stereocenters. The molecule has 0 unspecified atom stereocenters. The summed E-state index contributed by atoms with van der Waals surface area (Å²) in [5.41, 5.74) is 3.83. The van der Waals surface area contributed by atoms with Crippen LogP contribution in [0.3, 0.4) is 0 Å². The van der Waals surface area contributed by atoms with E-state index in [9.17, 15) is 9.90 Å². The molecule has 0 amide bonds. The second kappa shape index (κ2) is 8.12. The number of rotatable bonds is 6. The van der Waals surface area contributed by atoms with Crippen LogP contribution in [-0.4, -0.2) is 17.7 Å². The number of hydrogen-bond acceptors (Lipinski definition) is 2. The van der Waals surface area contributed by atoms with Gasteiger partial charge in [-0.05, 0) is 80.4 Å². The molecule has 0 bridgehead atoms. The Balaban J connectivity index is 2.54. The van der Waals surface area contributed by atoms with Crippen LogP contribution in [0, 0.1) is 5.41 Å². The van der Waals surface area contributed by atoms with Crippen molar-refractivity contribution in [3.63, 3.8) is 0 Å². The van der Waals surface area contributed by atoms with Crippen molar-refractivity contribution in [2.45, 2.75) is 53.9 Å². The Bertz CT molecular complexity index is 828. The van der Waals surface area contributed by atoms with Gasteiger partial charge < -0.3 is 9.84 Å². The molecule has 0 aromatic heterocycles. The normalized spacial score (nSPS) is 17.4. The average molecular weight is 372 g/mol. The third-order valence-corrected chi connectivity index (χ3v) is 5.31. The molecule has 0 aliphatic heterocycles. The molecule has 0 heterocycles. The molecule has 1 aromatic rings. The van der Waals surface area contributed by atoms with Gasteiger partial charge in [0.05, 0.1) is 17.7 Å². The van der Waals surface area contributed by atoms with Crippen molar-refractivity contribution in [2.24, 2.45) is 5.41 Å². The summed E-state index contributed by atoms with van der Waals surface area (Å²) in [7, 11) is 0. The fourth-order valence-corrected chi connectivity index (χ4v) is 3.92. The molecular weight excluding hydrogens is 343 g/mol. The molecule has 1 aliphatic carbocycles. The number of carboxylic acids is 1. The van der Waals surface area contributed by atoms with Crippen molar-refractivity contribution in [3.05, 3.63) is 58.2 Å².